The Labute approximate surface area is 155 Å². The average Bonchev–Trinajstić information content (AvgIpc) is 3.11. The van der Waals surface area contributed by atoms with E-state index in [0.29, 0.717) is 23.4 Å². The first-order valence-electron chi connectivity index (χ1n) is 8.32. The molecular weight excluding hydrogens is 354 g/mol. The van der Waals surface area contributed by atoms with Gasteiger partial charge >= 0.3 is 5.97 Å². The number of hydrogen-bond donors (Lipinski definition) is 1. The van der Waals surface area contributed by atoms with E-state index in [9.17, 15) is 14.4 Å². The van der Waals surface area contributed by atoms with Gasteiger partial charge in [-0.3, -0.25) is 9.59 Å². The average molecular weight is 373 g/mol. The molecule has 7 nitrogen and oxygen atoms in total. The molecule has 2 aliphatic rings. The zero-order chi connectivity index (χ0) is 18.9. The van der Waals surface area contributed by atoms with E-state index in [0.717, 1.165) is 6.42 Å². The largest absolute Gasteiger partial charge is 0.451 e. The summed E-state index contributed by atoms with van der Waals surface area (Å²) in [5.41, 5.74) is 0.996. The lowest BCUT2D eigenvalue weighted by atomic mass is 10.2. The van der Waals surface area contributed by atoms with Gasteiger partial charge in [0.1, 0.15) is 6.04 Å². The Bertz CT molecular complexity index is 789. The molecule has 2 heterocycles. The number of fused-ring (bicyclic) bond motifs is 1. The van der Waals surface area contributed by atoms with Gasteiger partial charge in [0.05, 0.1) is 16.5 Å². The van der Waals surface area contributed by atoms with Gasteiger partial charge < -0.3 is 15.0 Å². The van der Waals surface area contributed by atoms with E-state index in [2.05, 4.69) is 5.32 Å². The number of ether oxygens (including phenoxy) is 1. The Hall–Kier alpha value is -2.53. The molecule has 1 aromatic carbocycles. The number of nitrogens with zero attached hydrogens (tertiary/aromatic N) is 2. The number of anilines is 1. The number of thioether (sulfide) groups is 1. The minimum absolute atomic E-state index is 0.0471. The molecule has 26 heavy (non-hydrogen) atoms. The lowest BCUT2D eigenvalue weighted by Gasteiger charge is -2.29. The van der Waals surface area contributed by atoms with Gasteiger partial charge in [-0.05, 0) is 44.5 Å². The second-order valence-corrected chi connectivity index (χ2v) is 8.02. The molecule has 0 aliphatic carbocycles. The molecule has 2 fully saturated rings. The summed E-state index contributed by atoms with van der Waals surface area (Å²) in [7, 11) is 0. The summed E-state index contributed by atoms with van der Waals surface area (Å²) in [6.07, 6.45) is 0.157. The molecule has 0 aromatic heterocycles. The standard InChI is InChI=1S/C18H19N3O4S/c1-11(16(23)20-13-5-3-12(9-19)4-6-13)25-17(24)14-10-26-18(2)8-7-15(22)21(14)18/h3-6,11,14H,7-8,10H2,1-2H3,(H,20,23)/t11-,14-,18-/m0/s1. The smallest absolute Gasteiger partial charge is 0.330 e. The van der Waals surface area contributed by atoms with E-state index in [1.807, 2.05) is 13.0 Å². The van der Waals surface area contributed by atoms with E-state index < -0.39 is 24.0 Å². The first kappa shape index (κ1) is 18.3. The molecule has 2 aliphatic heterocycles. The van der Waals surface area contributed by atoms with Gasteiger partial charge in [-0.1, -0.05) is 0 Å². The maximum absolute atomic E-state index is 12.5. The third-order valence-electron chi connectivity index (χ3n) is 4.66. The lowest BCUT2D eigenvalue weighted by Crippen LogP contribution is -2.48. The zero-order valence-electron chi connectivity index (χ0n) is 14.5. The SMILES string of the molecule is C[C@H](OC(=O)[C@@H]1CS[C@@]2(C)CCC(=O)N12)C(=O)Nc1ccc(C#N)cc1. The van der Waals surface area contributed by atoms with Crippen LogP contribution in [0, 0.1) is 11.3 Å². The van der Waals surface area contributed by atoms with Crippen molar-refractivity contribution < 1.29 is 19.1 Å². The van der Waals surface area contributed by atoms with Crippen LogP contribution < -0.4 is 5.32 Å². The molecule has 0 bridgehead atoms. The van der Waals surface area contributed by atoms with E-state index in [4.69, 9.17) is 10.00 Å². The van der Waals surface area contributed by atoms with Crippen molar-refractivity contribution >= 4 is 35.2 Å². The molecule has 3 atom stereocenters. The molecule has 2 amide bonds. The predicted molar refractivity (Wildman–Crippen MR) is 96.1 cm³/mol. The van der Waals surface area contributed by atoms with Crippen molar-refractivity contribution in [2.75, 3.05) is 11.1 Å². The zero-order valence-corrected chi connectivity index (χ0v) is 15.3. The maximum Gasteiger partial charge on any atom is 0.330 e. The third kappa shape index (κ3) is 3.40. The maximum atomic E-state index is 12.5. The normalized spacial score (nSPS) is 25.3. The molecule has 2 saturated heterocycles. The van der Waals surface area contributed by atoms with Crippen molar-refractivity contribution in [3.63, 3.8) is 0 Å². The van der Waals surface area contributed by atoms with Crippen molar-refractivity contribution in [1.29, 1.82) is 5.26 Å². The fourth-order valence-corrected chi connectivity index (χ4v) is 4.59. The Morgan fingerprint density at radius 3 is 2.77 bits per heavy atom. The Morgan fingerprint density at radius 2 is 2.12 bits per heavy atom. The van der Waals surface area contributed by atoms with Crippen LogP contribution in [0.25, 0.3) is 0 Å². The highest BCUT2D eigenvalue weighted by Crippen LogP contribution is 2.47. The lowest BCUT2D eigenvalue weighted by molar-refractivity contribution is -0.160. The molecule has 8 heteroatoms. The number of nitrogens with one attached hydrogen (secondary N) is 1. The minimum atomic E-state index is -0.993. The third-order valence-corrected chi connectivity index (χ3v) is 6.17. The summed E-state index contributed by atoms with van der Waals surface area (Å²) in [4.78, 5) is 38.1. The van der Waals surface area contributed by atoms with Gasteiger partial charge in [0.2, 0.25) is 5.91 Å². The summed E-state index contributed by atoms with van der Waals surface area (Å²) < 4.78 is 5.30. The van der Waals surface area contributed by atoms with Crippen molar-refractivity contribution in [2.45, 2.75) is 43.7 Å². The fraction of sp³-hybridized carbons (Fsp3) is 0.444. The summed E-state index contributed by atoms with van der Waals surface area (Å²) in [5, 5.41) is 11.4. The van der Waals surface area contributed by atoms with Crippen molar-refractivity contribution in [3.05, 3.63) is 29.8 Å². The number of hydrogen-bond acceptors (Lipinski definition) is 6. The molecule has 0 saturated carbocycles. The molecular formula is C18H19N3O4S. The van der Waals surface area contributed by atoms with Crippen LogP contribution in [-0.2, 0) is 19.1 Å². The first-order chi connectivity index (χ1) is 12.3. The summed E-state index contributed by atoms with van der Waals surface area (Å²) in [5.74, 6) is -0.595. The highest BCUT2D eigenvalue weighted by molar-refractivity contribution is 8.01. The summed E-state index contributed by atoms with van der Waals surface area (Å²) >= 11 is 1.57. The van der Waals surface area contributed by atoms with Gasteiger partial charge in [-0.2, -0.15) is 5.26 Å². The second-order valence-electron chi connectivity index (χ2n) is 6.52. The first-order valence-corrected chi connectivity index (χ1v) is 9.30. The highest BCUT2D eigenvalue weighted by atomic mass is 32.2. The summed E-state index contributed by atoms with van der Waals surface area (Å²) in [6.45, 7) is 3.45. The molecule has 1 N–H and O–H groups in total. The number of nitriles is 1. The number of esters is 1. The van der Waals surface area contributed by atoms with Gasteiger partial charge in [0.15, 0.2) is 6.10 Å². The Kier molecular flexibility index (Phi) is 4.92. The van der Waals surface area contributed by atoms with E-state index in [1.54, 1.807) is 40.9 Å². The highest BCUT2D eigenvalue weighted by Gasteiger charge is 2.53. The van der Waals surface area contributed by atoms with Crippen LogP contribution in [-0.4, -0.2) is 45.5 Å². The van der Waals surface area contributed by atoms with Crippen LogP contribution in [0.4, 0.5) is 5.69 Å². The molecule has 0 spiro atoms. The van der Waals surface area contributed by atoms with Crippen molar-refractivity contribution in [3.8, 4) is 6.07 Å². The van der Waals surface area contributed by atoms with Crippen LogP contribution in [0.15, 0.2) is 24.3 Å². The summed E-state index contributed by atoms with van der Waals surface area (Å²) in [6, 6.07) is 7.73. The molecule has 3 rings (SSSR count). The number of carbonyl (C=O) groups is 3. The van der Waals surface area contributed by atoms with Gasteiger partial charge in [0.25, 0.3) is 5.91 Å². The van der Waals surface area contributed by atoms with Crippen LogP contribution in [0.5, 0.6) is 0 Å². The van der Waals surface area contributed by atoms with Gasteiger partial charge in [-0.15, -0.1) is 11.8 Å². The molecule has 1 aromatic rings. The van der Waals surface area contributed by atoms with Crippen LogP contribution in [0.1, 0.15) is 32.3 Å². The molecule has 136 valence electrons. The van der Waals surface area contributed by atoms with Gasteiger partial charge in [0, 0.05) is 17.9 Å². The van der Waals surface area contributed by atoms with Crippen molar-refractivity contribution in [2.24, 2.45) is 0 Å². The molecule has 0 unspecified atom stereocenters. The van der Waals surface area contributed by atoms with Crippen LogP contribution >= 0.6 is 11.8 Å². The van der Waals surface area contributed by atoms with Gasteiger partial charge in [-0.25, -0.2) is 4.79 Å². The van der Waals surface area contributed by atoms with Crippen molar-refractivity contribution in [1.82, 2.24) is 4.90 Å². The van der Waals surface area contributed by atoms with E-state index in [-0.39, 0.29) is 10.8 Å². The van der Waals surface area contributed by atoms with E-state index in [1.165, 1.54) is 6.92 Å². The Morgan fingerprint density at radius 1 is 1.42 bits per heavy atom. The second kappa shape index (κ2) is 7.00. The quantitative estimate of drug-likeness (QED) is 0.809. The predicted octanol–water partition coefficient (Wildman–Crippen LogP) is 1.88. The number of benzene rings is 1. The number of rotatable bonds is 4. The number of amides is 2. The monoisotopic (exact) mass is 373 g/mol. The molecule has 0 radical (unpaired) electrons. The van der Waals surface area contributed by atoms with Crippen LogP contribution in [0.3, 0.4) is 0 Å². The Balaban J connectivity index is 1.59. The van der Waals surface area contributed by atoms with E-state index >= 15 is 0 Å². The van der Waals surface area contributed by atoms with Crippen LogP contribution in [0.2, 0.25) is 0 Å². The topological polar surface area (TPSA) is 99.5 Å². The number of carbonyl (C=O) groups excluding carboxylic acids is 3. The minimum Gasteiger partial charge on any atom is -0.451 e. The fourth-order valence-electron chi connectivity index (χ4n) is 3.17.